The molecule has 2 bridgehead atoms. The Kier molecular flexibility index (Phi) is 4.28. The van der Waals surface area contributed by atoms with E-state index >= 15 is 0 Å². The molecule has 0 radical (unpaired) electrons. The Balaban J connectivity index is 0.00000144. The van der Waals surface area contributed by atoms with Gasteiger partial charge in [-0.15, -0.1) is 0 Å². The van der Waals surface area contributed by atoms with Crippen molar-refractivity contribution in [3.8, 4) is 0 Å². The monoisotopic (exact) mass is 242 g/mol. The molecule has 2 rings (SSSR count). The molecule has 4 atom stereocenters. The molecule has 2 aliphatic rings. The SMILES string of the molecule is C.O=C(O)C1C2C=CC(C2)C1C(=O)OCCO. The number of carboxylic acid groups (broad SMARTS) is 1. The molecule has 0 spiro atoms. The standard InChI is InChI=1S/C11H14O5.CH4/c12-3-4-16-11(15)9-7-2-1-6(5-7)8(9)10(13)14;/h1-2,6-9,12H,3-5H2,(H,13,14);1H4. The second-order valence-electron chi connectivity index (χ2n) is 4.23. The van der Waals surface area contributed by atoms with Gasteiger partial charge in [0, 0.05) is 0 Å². The van der Waals surface area contributed by atoms with Crippen molar-refractivity contribution in [2.75, 3.05) is 13.2 Å². The number of fused-ring (bicyclic) bond motifs is 2. The average Bonchev–Trinajstić information content (AvgIpc) is 2.84. The molecule has 0 amide bonds. The Hall–Kier alpha value is -1.36. The van der Waals surface area contributed by atoms with Gasteiger partial charge in [0.1, 0.15) is 6.61 Å². The van der Waals surface area contributed by atoms with Crippen LogP contribution >= 0.6 is 0 Å². The highest BCUT2D eigenvalue weighted by molar-refractivity contribution is 5.83. The van der Waals surface area contributed by atoms with Crippen molar-refractivity contribution in [1.29, 1.82) is 0 Å². The Labute approximate surface area is 100 Å². The number of carboxylic acids is 1. The number of aliphatic carboxylic acids is 1. The van der Waals surface area contributed by atoms with Gasteiger partial charge in [-0.25, -0.2) is 0 Å². The highest BCUT2D eigenvalue weighted by atomic mass is 16.5. The van der Waals surface area contributed by atoms with Gasteiger partial charge in [-0.1, -0.05) is 19.6 Å². The van der Waals surface area contributed by atoms with Crippen LogP contribution in [0.25, 0.3) is 0 Å². The second-order valence-corrected chi connectivity index (χ2v) is 4.23. The molecule has 4 unspecified atom stereocenters. The summed E-state index contributed by atoms with van der Waals surface area (Å²) in [7, 11) is 0. The molecule has 0 saturated heterocycles. The van der Waals surface area contributed by atoms with Crippen molar-refractivity contribution in [3.05, 3.63) is 12.2 Å². The molecule has 1 saturated carbocycles. The molecule has 2 aliphatic carbocycles. The summed E-state index contributed by atoms with van der Waals surface area (Å²) in [5, 5.41) is 17.6. The van der Waals surface area contributed by atoms with Crippen molar-refractivity contribution in [2.24, 2.45) is 23.7 Å². The van der Waals surface area contributed by atoms with E-state index in [2.05, 4.69) is 0 Å². The zero-order valence-corrected chi connectivity index (χ0v) is 8.70. The van der Waals surface area contributed by atoms with Gasteiger partial charge in [0.25, 0.3) is 0 Å². The summed E-state index contributed by atoms with van der Waals surface area (Å²) in [5.41, 5.74) is 0. The number of aliphatic hydroxyl groups excluding tert-OH is 1. The van der Waals surface area contributed by atoms with E-state index in [0.29, 0.717) is 0 Å². The van der Waals surface area contributed by atoms with Gasteiger partial charge in [-0.05, 0) is 18.3 Å². The van der Waals surface area contributed by atoms with E-state index in [9.17, 15) is 9.59 Å². The molecule has 17 heavy (non-hydrogen) atoms. The lowest BCUT2D eigenvalue weighted by Gasteiger charge is -2.22. The molecule has 0 aliphatic heterocycles. The summed E-state index contributed by atoms with van der Waals surface area (Å²) < 4.78 is 4.82. The maximum absolute atomic E-state index is 11.7. The summed E-state index contributed by atoms with van der Waals surface area (Å²) >= 11 is 0. The van der Waals surface area contributed by atoms with Crippen LogP contribution in [-0.2, 0) is 14.3 Å². The maximum atomic E-state index is 11.7. The van der Waals surface area contributed by atoms with Crippen LogP contribution < -0.4 is 0 Å². The first-order valence-electron chi connectivity index (χ1n) is 5.33. The Morgan fingerprint density at radius 1 is 1.24 bits per heavy atom. The first kappa shape index (κ1) is 13.7. The number of rotatable bonds is 4. The highest BCUT2D eigenvalue weighted by Gasteiger charge is 2.52. The fraction of sp³-hybridized carbons (Fsp3) is 0.667. The lowest BCUT2D eigenvalue weighted by atomic mass is 9.83. The third kappa shape index (κ3) is 2.34. The van der Waals surface area contributed by atoms with Gasteiger partial charge in [0.15, 0.2) is 0 Å². The second kappa shape index (κ2) is 5.31. The molecule has 96 valence electrons. The largest absolute Gasteiger partial charge is 0.481 e. The summed E-state index contributed by atoms with van der Waals surface area (Å²) in [6.45, 7) is -0.303. The lowest BCUT2D eigenvalue weighted by Crippen LogP contribution is -2.34. The number of ether oxygens (including phenoxy) is 1. The van der Waals surface area contributed by atoms with E-state index in [1.807, 2.05) is 12.2 Å². The van der Waals surface area contributed by atoms with Crippen molar-refractivity contribution in [1.82, 2.24) is 0 Å². The van der Waals surface area contributed by atoms with Crippen molar-refractivity contribution < 1.29 is 24.5 Å². The molecule has 2 N–H and O–H groups in total. The Morgan fingerprint density at radius 3 is 2.35 bits per heavy atom. The maximum Gasteiger partial charge on any atom is 0.310 e. The van der Waals surface area contributed by atoms with E-state index in [4.69, 9.17) is 14.9 Å². The Bertz CT molecular complexity index is 336. The van der Waals surface area contributed by atoms with Gasteiger partial charge in [0.05, 0.1) is 18.4 Å². The van der Waals surface area contributed by atoms with Gasteiger partial charge >= 0.3 is 11.9 Å². The van der Waals surface area contributed by atoms with Crippen molar-refractivity contribution >= 4 is 11.9 Å². The minimum absolute atomic E-state index is 0. The van der Waals surface area contributed by atoms with Crippen LogP contribution in [0.4, 0.5) is 0 Å². The van der Waals surface area contributed by atoms with Crippen LogP contribution in [0.1, 0.15) is 13.8 Å². The van der Waals surface area contributed by atoms with E-state index in [1.165, 1.54) is 0 Å². The van der Waals surface area contributed by atoms with E-state index in [0.717, 1.165) is 6.42 Å². The predicted octanol–water partition coefficient (Wildman–Crippen LogP) is 0.681. The fourth-order valence-corrected chi connectivity index (χ4v) is 2.72. The molecule has 5 nitrogen and oxygen atoms in total. The number of carbonyl (C=O) groups is 2. The fourth-order valence-electron chi connectivity index (χ4n) is 2.72. The number of carbonyl (C=O) groups excluding carboxylic acids is 1. The molecule has 0 aromatic heterocycles. The third-order valence-electron chi connectivity index (χ3n) is 3.35. The highest BCUT2D eigenvalue weighted by Crippen LogP contribution is 2.48. The Morgan fingerprint density at radius 2 is 1.82 bits per heavy atom. The molecule has 1 fully saturated rings. The smallest absolute Gasteiger partial charge is 0.310 e. The molecular weight excluding hydrogens is 224 g/mol. The molecular formula is C12H18O5. The minimum Gasteiger partial charge on any atom is -0.481 e. The number of hydrogen-bond acceptors (Lipinski definition) is 4. The van der Waals surface area contributed by atoms with Crippen LogP contribution in [0.5, 0.6) is 0 Å². The predicted molar refractivity (Wildman–Crippen MR) is 60.1 cm³/mol. The molecule has 0 aromatic carbocycles. The summed E-state index contributed by atoms with van der Waals surface area (Å²) in [4.78, 5) is 22.8. The van der Waals surface area contributed by atoms with Crippen molar-refractivity contribution in [2.45, 2.75) is 13.8 Å². The molecule has 5 heteroatoms. The van der Waals surface area contributed by atoms with Gasteiger partial charge in [-0.2, -0.15) is 0 Å². The number of allylic oxidation sites excluding steroid dienone is 2. The van der Waals surface area contributed by atoms with Crippen LogP contribution in [0.15, 0.2) is 12.2 Å². The van der Waals surface area contributed by atoms with E-state index in [1.54, 1.807) is 0 Å². The number of aliphatic hydroxyl groups is 1. The quantitative estimate of drug-likeness (QED) is 0.559. The summed E-state index contributed by atoms with van der Waals surface area (Å²) in [6.07, 6.45) is 4.49. The average molecular weight is 242 g/mol. The van der Waals surface area contributed by atoms with Gasteiger partial charge in [-0.3, -0.25) is 9.59 Å². The normalized spacial score (nSPS) is 33.2. The van der Waals surface area contributed by atoms with Gasteiger partial charge in [0.2, 0.25) is 0 Å². The van der Waals surface area contributed by atoms with Crippen molar-refractivity contribution in [3.63, 3.8) is 0 Å². The molecule has 0 aromatic rings. The zero-order chi connectivity index (χ0) is 11.7. The number of hydrogen-bond donors (Lipinski definition) is 2. The zero-order valence-electron chi connectivity index (χ0n) is 8.70. The first-order chi connectivity index (χ1) is 7.65. The summed E-state index contributed by atoms with van der Waals surface area (Å²) in [5.74, 6) is -2.76. The topological polar surface area (TPSA) is 83.8 Å². The van der Waals surface area contributed by atoms with E-state index in [-0.39, 0.29) is 32.5 Å². The van der Waals surface area contributed by atoms with Crippen LogP contribution in [0, 0.1) is 23.7 Å². The number of esters is 1. The van der Waals surface area contributed by atoms with Crippen LogP contribution in [-0.4, -0.2) is 35.4 Å². The third-order valence-corrected chi connectivity index (χ3v) is 3.35. The van der Waals surface area contributed by atoms with Crippen LogP contribution in [0.2, 0.25) is 0 Å². The van der Waals surface area contributed by atoms with Gasteiger partial charge < -0.3 is 14.9 Å². The van der Waals surface area contributed by atoms with E-state index < -0.39 is 23.8 Å². The summed E-state index contributed by atoms with van der Waals surface area (Å²) in [6, 6.07) is 0. The first-order valence-corrected chi connectivity index (χ1v) is 5.33. The lowest BCUT2D eigenvalue weighted by molar-refractivity contribution is -0.159. The van der Waals surface area contributed by atoms with Crippen LogP contribution in [0.3, 0.4) is 0 Å². The molecule has 0 heterocycles. The minimum atomic E-state index is -0.942.